The second-order valence-electron chi connectivity index (χ2n) is 9.25. The normalized spacial score (nSPS) is 13.8. The smallest absolute Gasteiger partial charge is 0.0571 e. The Morgan fingerprint density at radius 2 is 1.13 bits per heavy atom. The van der Waals surface area contributed by atoms with Gasteiger partial charge in [-0.15, -0.1) is 0 Å². The molecule has 2 N–H and O–H groups in total. The molecule has 0 aliphatic carbocycles. The topological polar surface area (TPSA) is 24.1 Å². The molecule has 0 saturated heterocycles. The van der Waals surface area contributed by atoms with Crippen LogP contribution in [0.4, 0.5) is 0 Å². The summed E-state index contributed by atoms with van der Waals surface area (Å²) in [7, 11) is 0. The third-order valence-electron chi connectivity index (χ3n) is 5.83. The number of rotatable bonds is 11. The van der Waals surface area contributed by atoms with E-state index in [1.165, 1.54) is 38.5 Å². The largest absolute Gasteiger partial charge is 0.302 e. The molecular formula is C21H46N2. The first-order chi connectivity index (χ1) is 10.6. The molecule has 0 spiro atoms. The van der Waals surface area contributed by atoms with Crippen LogP contribution in [0, 0.1) is 16.2 Å². The van der Waals surface area contributed by atoms with Gasteiger partial charge in [0.05, 0.1) is 6.17 Å². The minimum absolute atomic E-state index is 0.340. The van der Waals surface area contributed by atoms with Crippen LogP contribution in [0.1, 0.15) is 101 Å². The van der Waals surface area contributed by atoms with E-state index in [2.05, 4.69) is 72.9 Å². The Bertz CT molecular complexity index is 276. The number of hydrogen-bond acceptors (Lipinski definition) is 2. The lowest BCUT2D eigenvalue weighted by Gasteiger charge is -2.55. The fourth-order valence-corrected chi connectivity index (χ4v) is 4.61. The van der Waals surface area contributed by atoms with Gasteiger partial charge in [-0.1, -0.05) is 75.2 Å². The van der Waals surface area contributed by atoms with Crippen LogP contribution < -0.4 is 10.6 Å². The van der Waals surface area contributed by atoms with Crippen LogP contribution in [0.2, 0.25) is 0 Å². The average molecular weight is 327 g/mol. The van der Waals surface area contributed by atoms with E-state index < -0.39 is 0 Å². The Morgan fingerprint density at radius 1 is 0.696 bits per heavy atom. The zero-order valence-corrected chi connectivity index (χ0v) is 17.7. The monoisotopic (exact) mass is 326 g/mol. The molecule has 0 radical (unpaired) electrons. The first-order valence-corrected chi connectivity index (χ1v) is 10.0. The summed E-state index contributed by atoms with van der Waals surface area (Å²) >= 11 is 0. The van der Waals surface area contributed by atoms with Crippen molar-refractivity contribution in [3.63, 3.8) is 0 Å². The van der Waals surface area contributed by atoms with Crippen LogP contribution in [-0.4, -0.2) is 19.3 Å². The molecule has 0 rings (SSSR count). The van der Waals surface area contributed by atoms with Gasteiger partial charge in [0.15, 0.2) is 0 Å². The number of nitrogens with one attached hydrogen (secondary N) is 2. The highest BCUT2D eigenvalue weighted by atomic mass is 15.1. The van der Waals surface area contributed by atoms with Gasteiger partial charge >= 0.3 is 0 Å². The van der Waals surface area contributed by atoms with Crippen LogP contribution in [0.25, 0.3) is 0 Å². The first kappa shape index (κ1) is 22.9. The van der Waals surface area contributed by atoms with E-state index in [1.807, 2.05) is 0 Å². The average Bonchev–Trinajstić information content (AvgIpc) is 2.40. The highest BCUT2D eigenvalue weighted by molar-refractivity contribution is 4.98. The van der Waals surface area contributed by atoms with Crippen molar-refractivity contribution in [2.45, 2.75) is 107 Å². The van der Waals surface area contributed by atoms with Crippen LogP contribution in [0.15, 0.2) is 0 Å². The predicted octanol–water partition coefficient (Wildman–Crippen LogP) is 5.97. The predicted molar refractivity (Wildman–Crippen MR) is 106 cm³/mol. The van der Waals surface area contributed by atoms with Crippen molar-refractivity contribution in [1.82, 2.24) is 10.6 Å². The van der Waals surface area contributed by atoms with E-state index in [0.29, 0.717) is 22.4 Å². The molecule has 23 heavy (non-hydrogen) atoms. The molecule has 0 aromatic carbocycles. The number of unbranched alkanes of at least 4 members (excludes halogenated alkanes) is 1. The van der Waals surface area contributed by atoms with E-state index in [0.717, 1.165) is 13.1 Å². The minimum Gasteiger partial charge on any atom is -0.302 e. The van der Waals surface area contributed by atoms with Crippen LogP contribution in [0.3, 0.4) is 0 Å². The lowest BCUT2D eigenvalue weighted by Crippen LogP contribution is -2.47. The van der Waals surface area contributed by atoms with Crippen LogP contribution >= 0.6 is 0 Å². The highest BCUT2D eigenvalue weighted by Crippen LogP contribution is 2.57. The maximum absolute atomic E-state index is 3.58. The van der Waals surface area contributed by atoms with E-state index in [4.69, 9.17) is 0 Å². The van der Waals surface area contributed by atoms with E-state index in [1.54, 1.807) is 0 Å². The van der Waals surface area contributed by atoms with Crippen molar-refractivity contribution >= 4 is 0 Å². The van der Waals surface area contributed by atoms with Crippen molar-refractivity contribution in [2.24, 2.45) is 16.2 Å². The van der Waals surface area contributed by atoms with E-state index in [-0.39, 0.29) is 0 Å². The quantitative estimate of drug-likeness (QED) is 0.457. The van der Waals surface area contributed by atoms with Crippen molar-refractivity contribution in [1.29, 1.82) is 0 Å². The summed E-state index contributed by atoms with van der Waals surface area (Å²) in [5.41, 5.74) is 1.08. The summed E-state index contributed by atoms with van der Waals surface area (Å²) in [5, 5.41) is 7.16. The molecule has 0 fully saturated rings. The fraction of sp³-hybridized carbons (Fsp3) is 1.00. The van der Waals surface area contributed by atoms with Gasteiger partial charge in [0, 0.05) is 0 Å². The molecule has 0 amide bonds. The standard InChI is InChI=1S/C21H46N2/c1-10-13-16-21(19(4,5)6,20(7,8)9)17-14-15-18(22-11-2)23-12-3/h18,22-23H,10-17H2,1-9H3. The van der Waals surface area contributed by atoms with Crippen molar-refractivity contribution < 1.29 is 0 Å². The summed E-state index contributed by atoms with van der Waals surface area (Å²) in [6, 6.07) is 0. The van der Waals surface area contributed by atoms with Crippen LogP contribution in [0.5, 0.6) is 0 Å². The molecule has 0 atom stereocenters. The van der Waals surface area contributed by atoms with Gasteiger partial charge < -0.3 is 10.6 Å². The third-order valence-corrected chi connectivity index (χ3v) is 5.83. The van der Waals surface area contributed by atoms with Gasteiger partial charge in [0.2, 0.25) is 0 Å². The Labute approximate surface area is 147 Å². The molecule has 0 heterocycles. The van der Waals surface area contributed by atoms with Gasteiger partial charge in [0.25, 0.3) is 0 Å². The van der Waals surface area contributed by atoms with Gasteiger partial charge in [-0.2, -0.15) is 0 Å². The summed E-state index contributed by atoms with van der Waals surface area (Å²) < 4.78 is 0. The lowest BCUT2D eigenvalue weighted by atomic mass is 9.50. The SMILES string of the molecule is CCCCC(CCCC(NCC)NCC)(C(C)(C)C)C(C)(C)C. The first-order valence-electron chi connectivity index (χ1n) is 10.0. The molecular weight excluding hydrogens is 280 g/mol. The Hall–Kier alpha value is -0.0800. The molecule has 0 aromatic heterocycles. The molecule has 0 aromatic rings. The molecule has 0 unspecified atom stereocenters. The Balaban J connectivity index is 5.08. The molecule has 2 nitrogen and oxygen atoms in total. The third kappa shape index (κ3) is 6.74. The minimum atomic E-state index is 0.340. The van der Waals surface area contributed by atoms with Crippen molar-refractivity contribution in [3.8, 4) is 0 Å². The zero-order chi connectivity index (χ0) is 18.1. The molecule has 0 aliphatic rings. The number of hydrogen-bond donors (Lipinski definition) is 2. The van der Waals surface area contributed by atoms with Gasteiger partial charge in [-0.05, 0) is 55.0 Å². The van der Waals surface area contributed by atoms with Gasteiger partial charge in [-0.3, -0.25) is 0 Å². The summed E-state index contributed by atoms with van der Waals surface area (Å²) in [4.78, 5) is 0. The van der Waals surface area contributed by atoms with Crippen molar-refractivity contribution in [3.05, 3.63) is 0 Å². The Morgan fingerprint density at radius 3 is 1.48 bits per heavy atom. The van der Waals surface area contributed by atoms with Gasteiger partial charge in [-0.25, -0.2) is 0 Å². The molecule has 0 bridgehead atoms. The summed E-state index contributed by atoms with van der Waals surface area (Å²) in [5.74, 6) is 0. The van der Waals surface area contributed by atoms with E-state index >= 15 is 0 Å². The second-order valence-corrected chi connectivity index (χ2v) is 9.25. The fourth-order valence-electron chi connectivity index (χ4n) is 4.61. The Kier molecular flexibility index (Phi) is 10.00. The highest BCUT2D eigenvalue weighted by Gasteiger charge is 2.48. The molecule has 2 heteroatoms. The lowest BCUT2D eigenvalue weighted by molar-refractivity contribution is -0.0523. The zero-order valence-electron chi connectivity index (χ0n) is 17.7. The summed E-state index contributed by atoms with van der Waals surface area (Å²) in [6.45, 7) is 23.5. The summed E-state index contributed by atoms with van der Waals surface area (Å²) in [6.07, 6.45) is 8.30. The maximum atomic E-state index is 3.58. The van der Waals surface area contributed by atoms with Crippen LogP contribution in [-0.2, 0) is 0 Å². The molecule has 140 valence electrons. The van der Waals surface area contributed by atoms with E-state index in [9.17, 15) is 0 Å². The second kappa shape index (κ2) is 10.0. The maximum Gasteiger partial charge on any atom is 0.0571 e. The molecule has 0 aliphatic heterocycles. The van der Waals surface area contributed by atoms with Crippen molar-refractivity contribution in [2.75, 3.05) is 13.1 Å². The molecule has 0 saturated carbocycles. The van der Waals surface area contributed by atoms with Gasteiger partial charge in [0.1, 0.15) is 0 Å².